The maximum absolute atomic E-state index is 2.51. The van der Waals surface area contributed by atoms with Crippen molar-refractivity contribution in [3.8, 4) is 0 Å². The standard InChI is InChI=1S/C15H24/c1-13(15-10-6-3-7-11-15)12-14-8-4-2-5-9-14/h12H,2-11H2,1H3. The molecule has 0 atom stereocenters. The highest BCUT2D eigenvalue weighted by Crippen LogP contribution is 2.29. The first-order valence-electron chi connectivity index (χ1n) is 6.74. The minimum Gasteiger partial charge on any atom is -0.0700 e. The van der Waals surface area contributed by atoms with E-state index >= 15 is 0 Å². The Kier molecular flexibility index (Phi) is 4.05. The molecule has 2 aliphatic carbocycles. The van der Waals surface area contributed by atoms with Crippen LogP contribution in [0.3, 0.4) is 0 Å². The molecule has 0 saturated heterocycles. The van der Waals surface area contributed by atoms with Crippen molar-refractivity contribution in [1.29, 1.82) is 0 Å². The number of allylic oxidation sites excluding steroid dienone is 4. The zero-order valence-corrected chi connectivity index (χ0v) is 10.1. The Morgan fingerprint density at radius 2 is 1.33 bits per heavy atom. The number of hydrogen-bond donors (Lipinski definition) is 0. The molecule has 0 nitrogen and oxygen atoms in total. The number of rotatable bonds is 1. The Hall–Kier alpha value is -0.520. The smallest absolute Gasteiger partial charge is 0.0315 e. The molecule has 2 aliphatic rings. The minimum atomic E-state index is 1.37. The fourth-order valence-corrected chi connectivity index (χ4v) is 2.93. The van der Waals surface area contributed by atoms with Gasteiger partial charge in [0.25, 0.3) is 0 Å². The zero-order chi connectivity index (χ0) is 10.5. The summed E-state index contributed by atoms with van der Waals surface area (Å²) in [4.78, 5) is 0. The predicted molar refractivity (Wildman–Crippen MR) is 67.0 cm³/mol. The largest absolute Gasteiger partial charge is 0.0700 e. The summed E-state index contributed by atoms with van der Waals surface area (Å²) in [6.07, 6.45) is 16.6. The van der Waals surface area contributed by atoms with Crippen LogP contribution in [-0.4, -0.2) is 0 Å². The molecular weight excluding hydrogens is 180 g/mol. The Morgan fingerprint density at radius 1 is 0.800 bits per heavy atom. The topological polar surface area (TPSA) is 0 Å². The fourth-order valence-electron chi connectivity index (χ4n) is 2.93. The van der Waals surface area contributed by atoms with E-state index < -0.39 is 0 Å². The van der Waals surface area contributed by atoms with Gasteiger partial charge >= 0.3 is 0 Å². The third-order valence-electron chi connectivity index (χ3n) is 3.93. The lowest BCUT2D eigenvalue weighted by molar-refractivity contribution is 0.590. The van der Waals surface area contributed by atoms with Gasteiger partial charge in [-0.05, 0) is 58.3 Å². The van der Waals surface area contributed by atoms with Crippen molar-refractivity contribution in [3.05, 3.63) is 22.8 Å². The van der Waals surface area contributed by atoms with E-state index in [1.807, 2.05) is 0 Å². The first-order valence-corrected chi connectivity index (χ1v) is 6.74. The summed E-state index contributed by atoms with van der Waals surface area (Å²) in [6, 6.07) is 0. The van der Waals surface area contributed by atoms with Crippen molar-refractivity contribution in [1.82, 2.24) is 0 Å². The highest BCUT2D eigenvalue weighted by atomic mass is 14.2. The van der Waals surface area contributed by atoms with Crippen molar-refractivity contribution in [2.24, 2.45) is 0 Å². The molecule has 0 heterocycles. The van der Waals surface area contributed by atoms with Crippen LogP contribution in [0.1, 0.15) is 71.1 Å². The van der Waals surface area contributed by atoms with Crippen LogP contribution in [0.25, 0.3) is 0 Å². The fraction of sp³-hybridized carbons (Fsp3) is 0.733. The highest BCUT2D eigenvalue weighted by molar-refractivity contribution is 5.28. The molecule has 0 bridgehead atoms. The molecule has 0 spiro atoms. The second-order valence-electron chi connectivity index (χ2n) is 5.21. The normalized spacial score (nSPS) is 22.7. The van der Waals surface area contributed by atoms with Gasteiger partial charge in [-0.15, -0.1) is 0 Å². The van der Waals surface area contributed by atoms with Crippen molar-refractivity contribution < 1.29 is 0 Å². The summed E-state index contributed by atoms with van der Waals surface area (Å²) >= 11 is 0. The van der Waals surface area contributed by atoms with Crippen LogP contribution in [0.5, 0.6) is 0 Å². The summed E-state index contributed by atoms with van der Waals surface area (Å²) in [5, 5.41) is 0. The van der Waals surface area contributed by atoms with Crippen molar-refractivity contribution in [2.45, 2.75) is 71.1 Å². The lowest BCUT2D eigenvalue weighted by Gasteiger charge is -2.18. The Bertz CT molecular complexity index is 252. The second-order valence-corrected chi connectivity index (χ2v) is 5.21. The monoisotopic (exact) mass is 204 g/mol. The van der Waals surface area contributed by atoms with E-state index in [2.05, 4.69) is 13.0 Å². The zero-order valence-electron chi connectivity index (χ0n) is 10.1. The quantitative estimate of drug-likeness (QED) is 0.553. The van der Waals surface area contributed by atoms with E-state index in [1.165, 1.54) is 64.2 Å². The highest BCUT2D eigenvalue weighted by Gasteiger charge is 2.09. The van der Waals surface area contributed by atoms with Crippen molar-refractivity contribution in [2.75, 3.05) is 0 Å². The molecule has 0 heteroatoms. The van der Waals surface area contributed by atoms with Crippen molar-refractivity contribution in [3.63, 3.8) is 0 Å². The van der Waals surface area contributed by atoms with E-state index in [0.29, 0.717) is 0 Å². The summed E-state index contributed by atoms with van der Waals surface area (Å²) in [6.45, 7) is 2.34. The summed E-state index contributed by atoms with van der Waals surface area (Å²) < 4.78 is 0. The molecular formula is C15H24. The van der Waals surface area contributed by atoms with Gasteiger partial charge in [-0.25, -0.2) is 0 Å². The van der Waals surface area contributed by atoms with Gasteiger partial charge in [0.1, 0.15) is 0 Å². The summed E-state index contributed by atoms with van der Waals surface area (Å²) in [5.74, 6) is 0. The van der Waals surface area contributed by atoms with Crippen LogP contribution < -0.4 is 0 Å². The van der Waals surface area contributed by atoms with Gasteiger partial charge in [-0.3, -0.25) is 0 Å². The van der Waals surface area contributed by atoms with Crippen LogP contribution in [0.15, 0.2) is 22.8 Å². The van der Waals surface area contributed by atoms with Gasteiger partial charge in [0.05, 0.1) is 0 Å². The molecule has 15 heavy (non-hydrogen) atoms. The van der Waals surface area contributed by atoms with E-state index in [-0.39, 0.29) is 0 Å². The van der Waals surface area contributed by atoms with E-state index in [9.17, 15) is 0 Å². The molecule has 2 fully saturated rings. The molecule has 2 rings (SSSR count). The lowest BCUT2D eigenvalue weighted by atomic mass is 9.88. The summed E-state index contributed by atoms with van der Waals surface area (Å²) in [7, 11) is 0. The SMILES string of the molecule is CC(C=C1CCCCC1)=C1CCCCC1. The first-order chi connectivity index (χ1) is 7.36. The van der Waals surface area contributed by atoms with Crippen LogP contribution >= 0.6 is 0 Å². The molecule has 0 aromatic rings. The molecule has 2 saturated carbocycles. The molecule has 84 valence electrons. The van der Waals surface area contributed by atoms with Crippen LogP contribution in [0.4, 0.5) is 0 Å². The van der Waals surface area contributed by atoms with Gasteiger partial charge in [0.15, 0.2) is 0 Å². The average molecular weight is 204 g/mol. The minimum absolute atomic E-state index is 1.37. The maximum Gasteiger partial charge on any atom is -0.0315 e. The molecule has 0 radical (unpaired) electrons. The molecule has 0 aliphatic heterocycles. The Morgan fingerprint density at radius 3 is 1.93 bits per heavy atom. The molecule has 0 unspecified atom stereocenters. The van der Waals surface area contributed by atoms with Gasteiger partial charge in [-0.1, -0.05) is 35.6 Å². The van der Waals surface area contributed by atoms with Gasteiger partial charge in [0, 0.05) is 0 Å². The third-order valence-corrected chi connectivity index (χ3v) is 3.93. The second kappa shape index (κ2) is 5.53. The van der Waals surface area contributed by atoms with Gasteiger partial charge in [0.2, 0.25) is 0 Å². The van der Waals surface area contributed by atoms with E-state index in [4.69, 9.17) is 0 Å². The average Bonchev–Trinajstić information content (AvgIpc) is 2.31. The Labute approximate surface area is 94.5 Å². The van der Waals surface area contributed by atoms with Crippen LogP contribution in [0, 0.1) is 0 Å². The molecule has 0 N–H and O–H groups in total. The Balaban J connectivity index is 2.01. The first kappa shape index (κ1) is 11.0. The molecule has 0 aromatic heterocycles. The third kappa shape index (κ3) is 3.22. The summed E-state index contributed by atoms with van der Waals surface area (Å²) in [5.41, 5.74) is 5.07. The maximum atomic E-state index is 2.51. The molecule has 0 amide bonds. The predicted octanol–water partition coefficient (Wildman–Crippen LogP) is 5.16. The van der Waals surface area contributed by atoms with Gasteiger partial charge in [-0.2, -0.15) is 0 Å². The van der Waals surface area contributed by atoms with E-state index in [1.54, 1.807) is 16.7 Å². The molecule has 0 aromatic carbocycles. The van der Waals surface area contributed by atoms with Gasteiger partial charge < -0.3 is 0 Å². The van der Waals surface area contributed by atoms with Crippen molar-refractivity contribution >= 4 is 0 Å². The lowest BCUT2D eigenvalue weighted by Crippen LogP contribution is -1.98. The van der Waals surface area contributed by atoms with Crippen LogP contribution in [0.2, 0.25) is 0 Å². The van der Waals surface area contributed by atoms with E-state index in [0.717, 1.165) is 0 Å². The van der Waals surface area contributed by atoms with Crippen LogP contribution in [-0.2, 0) is 0 Å². The number of hydrogen-bond acceptors (Lipinski definition) is 0.